The summed E-state index contributed by atoms with van der Waals surface area (Å²) in [4.78, 5) is 29.8. The first-order chi connectivity index (χ1) is 21.1. The van der Waals surface area contributed by atoms with E-state index in [9.17, 15) is 9.59 Å². The summed E-state index contributed by atoms with van der Waals surface area (Å²) >= 11 is 7.17. The molecule has 0 fully saturated rings. The zero-order valence-corrected chi connectivity index (χ0v) is 27.6. The lowest BCUT2D eigenvalue weighted by molar-refractivity contribution is 0.0697. The molecule has 0 unspecified atom stereocenters. The number of carboxylic acid groups (broad SMARTS) is 1. The van der Waals surface area contributed by atoms with E-state index in [1.807, 2.05) is 49.4 Å². The van der Waals surface area contributed by atoms with Gasteiger partial charge in [0.1, 0.15) is 18.1 Å². The van der Waals surface area contributed by atoms with Crippen LogP contribution in [0.5, 0.6) is 11.5 Å². The summed E-state index contributed by atoms with van der Waals surface area (Å²) < 4.78 is 14.3. The molecule has 1 aromatic heterocycles. The van der Waals surface area contributed by atoms with Crippen LogP contribution in [-0.2, 0) is 6.61 Å². The van der Waals surface area contributed by atoms with Crippen LogP contribution in [0.4, 0.5) is 0 Å². The summed E-state index contributed by atoms with van der Waals surface area (Å²) in [7, 11) is 1.65. The summed E-state index contributed by atoms with van der Waals surface area (Å²) in [6, 6.07) is 21.4. The maximum absolute atomic E-state index is 13.8. The van der Waals surface area contributed by atoms with E-state index in [2.05, 4.69) is 50.8 Å². The fourth-order valence-electron chi connectivity index (χ4n) is 4.79. The number of nitrogens with zero attached hydrogens (tertiary/aromatic N) is 3. The molecule has 0 saturated carbocycles. The van der Waals surface area contributed by atoms with Crippen LogP contribution in [0.25, 0.3) is 22.3 Å². The van der Waals surface area contributed by atoms with Crippen LogP contribution in [0.1, 0.15) is 52.4 Å². The fourth-order valence-corrected chi connectivity index (χ4v) is 6.24. The van der Waals surface area contributed by atoms with E-state index < -0.39 is 5.97 Å². The number of methoxy groups -OCH3 is 1. The highest BCUT2D eigenvalue weighted by Gasteiger charge is 2.18. The third-order valence-electron chi connectivity index (χ3n) is 7.12. The molecule has 0 atom stereocenters. The molecular formula is C34H29Br2N3O5. The van der Waals surface area contributed by atoms with Crippen LogP contribution in [0.3, 0.4) is 0 Å². The molecule has 1 heterocycles. The predicted molar refractivity (Wildman–Crippen MR) is 179 cm³/mol. The van der Waals surface area contributed by atoms with Gasteiger partial charge in [0.2, 0.25) is 0 Å². The SMILES string of the molecule is COc1cc(C)c(-c2nc3ccccc3c(=O)n2N=Cc2cc(Br)c(OCc3ccc(C(=O)O)cc3)c(Br)c2)cc1C(C)C. The Hall–Kier alpha value is -4.28. The van der Waals surface area contributed by atoms with Gasteiger partial charge in [-0.2, -0.15) is 9.78 Å². The highest BCUT2D eigenvalue weighted by atomic mass is 79.9. The summed E-state index contributed by atoms with van der Waals surface area (Å²) in [5.74, 6) is 0.999. The number of ether oxygens (including phenoxy) is 2. The van der Waals surface area contributed by atoms with Gasteiger partial charge in [-0.25, -0.2) is 9.78 Å². The highest BCUT2D eigenvalue weighted by Crippen LogP contribution is 2.36. The van der Waals surface area contributed by atoms with Gasteiger partial charge in [-0.3, -0.25) is 4.79 Å². The van der Waals surface area contributed by atoms with Crippen molar-refractivity contribution >= 4 is 54.9 Å². The van der Waals surface area contributed by atoms with Crippen molar-refractivity contribution < 1.29 is 19.4 Å². The molecule has 0 aliphatic heterocycles. The Morgan fingerprint density at radius 2 is 1.73 bits per heavy atom. The topological polar surface area (TPSA) is 103 Å². The number of hydrogen-bond donors (Lipinski definition) is 1. The lowest BCUT2D eigenvalue weighted by atomic mass is 9.96. The number of para-hydroxylation sites is 1. The van der Waals surface area contributed by atoms with Crippen LogP contribution in [0.2, 0.25) is 0 Å². The minimum atomic E-state index is -0.978. The van der Waals surface area contributed by atoms with Gasteiger partial charge >= 0.3 is 5.97 Å². The van der Waals surface area contributed by atoms with Gasteiger partial charge in [-0.05, 0) is 115 Å². The molecule has 5 rings (SSSR count). The smallest absolute Gasteiger partial charge is 0.335 e. The third-order valence-corrected chi connectivity index (χ3v) is 8.30. The highest BCUT2D eigenvalue weighted by molar-refractivity contribution is 9.11. The quantitative estimate of drug-likeness (QED) is 0.154. The molecule has 1 N–H and O–H groups in total. The summed E-state index contributed by atoms with van der Waals surface area (Å²) in [6.45, 7) is 6.39. The molecule has 0 amide bonds. The molecule has 0 aliphatic carbocycles. The van der Waals surface area contributed by atoms with Crippen molar-refractivity contribution in [1.82, 2.24) is 9.66 Å². The monoisotopic (exact) mass is 717 g/mol. The van der Waals surface area contributed by atoms with Crippen molar-refractivity contribution in [3.63, 3.8) is 0 Å². The number of fused-ring (bicyclic) bond motifs is 1. The number of aromatic nitrogens is 2. The lowest BCUT2D eigenvalue weighted by Crippen LogP contribution is -2.20. The van der Waals surface area contributed by atoms with Crippen LogP contribution in [-0.4, -0.2) is 34.1 Å². The molecule has 4 aromatic carbocycles. The standard InChI is InChI=1S/C34H29Br2N3O5/c1-19(2)25-16-26(20(3)13-30(25)43-4)32-38-29-8-6-5-7-24(29)33(40)39(32)37-17-22-14-27(35)31(28(36)15-22)44-18-21-9-11-23(12-10-21)34(41)42/h5-17,19H,18H2,1-4H3,(H,41,42). The fraction of sp³-hybridized carbons (Fsp3) is 0.176. The van der Waals surface area contributed by atoms with Crippen LogP contribution in [0.15, 0.2) is 91.6 Å². The Balaban J connectivity index is 1.52. The number of carbonyl (C=O) groups is 1. The first-order valence-electron chi connectivity index (χ1n) is 13.8. The zero-order chi connectivity index (χ0) is 31.5. The normalized spacial score (nSPS) is 11.4. The molecule has 0 saturated heterocycles. The molecule has 0 radical (unpaired) electrons. The summed E-state index contributed by atoms with van der Waals surface area (Å²) in [5, 5.41) is 14.2. The predicted octanol–water partition coefficient (Wildman–Crippen LogP) is 8.19. The van der Waals surface area contributed by atoms with E-state index in [0.29, 0.717) is 37.0 Å². The molecule has 0 spiro atoms. The first kappa shape index (κ1) is 31.2. The van der Waals surface area contributed by atoms with Crippen LogP contribution < -0.4 is 15.0 Å². The van der Waals surface area contributed by atoms with Crippen molar-refractivity contribution in [2.24, 2.45) is 5.10 Å². The molecule has 0 bridgehead atoms. The number of carboxylic acids is 1. The number of rotatable bonds is 9. The van der Waals surface area contributed by atoms with Gasteiger partial charge in [0.25, 0.3) is 5.56 Å². The molecular weight excluding hydrogens is 690 g/mol. The minimum absolute atomic E-state index is 0.188. The van der Waals surface area contributed by atoms with E-state index in [1.165, 1.54) is 4.68 Å². The molecule has 10 heteroatoms. The second-order valence-electron chi connectivity index (χ2n) is 10.5. The number of aromatic carboxylic acids is 1. The van der Waals surface area contributed by atoms with Crippen molar-refractivity contribution in [2.45, 2.75) is 33.3 Å². The van der Waals surface area contributed by atoms with Crippen molar-refractivity contribution in [3.8, 4) is 22.9 Å². The van der Waals surface area contributed by atoms with E-state index >= 15 is 0 Å². The summed E-state index contributed by atoms with van der Waals surface area (Å²) in [6.07, 6.45) is 1.60. The van der Waals surface area contributed by atoms with Crippen molar-refractivity contribution in [1.29, 1.82) is 0 Å². The van der Waals surface area contributed by atoms with Crippen molar-refractivity contribution in [2.75, 3.05) is 7.11 Å². The molecule has 44 heavy (non-hydrogen) atoms. The molecule has 5 aromatic rings. The van der Waals surface area contributed by atoms with E-state index in [4.69, 9.17) is 19.6 Å². The zero-order valence-electron chi connectivity index (χ0n) is 24.5. The van der Waals surface area contributed by atoms with E-state index in [-0.39, 0.29) is 23.6 Å². The average molecular weight is 719 g/mol. The van der Waals surface area contributed by atoms with Gasteiger partial charge in [0, 0.05) is 5.56 Å². The minimum Gasteiger partial charge on any atom is -0.496 e. The Labute approximate surface area is 271 Å². The van der Waals surface area contributed by atoms with Crippen LogP contribution in [0, 0.1) is 6.92 Å². The average Bonchev–Trinajstić information content (AvgIpc) is 3.00. The Morgan fingerprint density at radius 1 is 1.05 bits per heavy atom. The van der Waals surface area contributed by atoms with Gasteiger partial charge in [-0.1, -0.05) is 38.1 Å². The van der Waals surface area contributed by atoms with Gasteiger partial charge in [0.15, 0.2) is 5.82 Å². The Kier molecular flexibility index (Phi) is 9.31. The number of benzene rings is 4. The van der Waals surface area contributed by atoms with Gasteiger partial charge in [0.05, 0.1) is 38.7 Å². The Bertz CT molecular complexity index is 1940. The molecule has 8 nitrogen and oxygen atoms in total. The lowest BCUT2D eigenvalue weighted by Gasteiger charge is -2.17. The largest absolute Gasteiger partial charge is 0.496 e. The maximum Gasteiger partial charge on any atom is 0.335 e. The number of hydrogen-bond acceptors (Lipinski definition) is 6. The molecule has 0 aliphatic rings. The Morgan fingerprint density at radius 3 is 2.36 bits per heavy atom. The number of halogens is 2. The first-order valence-corrected chi connectivity index (χ1v) is 15.3. The molecule has 224 valence electrons. The van der Waals surface area contributed by atoms with Gasteiger partial charge in [-0.15, -0.1) is 0 Å². The van der Waals surface area contributed by atoms with Crippen molar-refractivity contribution in [3.05, 3.63) is 120 Å². The van der Waals surface area contributed by atoms with Gasteiger partial charge < -0.3 is 14.6 Å². The maximum atomic E-state index is 13.8. The summed E-state index contributed by atoms with van der Waals surface area (Å²) in [5.41, 5.74) is 4.75. The van der Waals surface area contributed by atoms with Crippen LogP contribution >= 0.6 is 31.9 Å². The van der Waals surface area contributed by atoms with E-state index in [1.54, 1.807) is 43.7 Å². The number of aryl methyl sites for hydroxylation is 1. The van der Waals surface area contributed by atoms with E-state index in [0.717, 1.165) is 28.0 Å². The third kappa shape index (κ3) is 6.46. The second kappa shape index (κ2) is 13.2. The second-order valence-corrected chi connectivity index (χ2v) is 12.2.